The molecule has 4 rings (SSSR count). The van der Waals surface area contributed by atoms with Crippen LogP contribution in [0.1, 0.15) is 15.9 Å². The zero-order valence-electron chi connectivity index (χ0n) is 16.6. The maximum absolute atomic E-state index is 12.6. The third-order valence-electron chi connectivity index (χ3n) is 5.04. The van der Waals surface area contributed by atoms with Crippen molar-refractivity contribution in [3.05, 3.63) is 100 Å². The minimum atomic E-state index is -0.158. The minimum absolute atomic E-state index is 0.156. The van der Waals surface area contributed by atoms with Crippen LogP contribution in [0.5, 0.6) is 5.75 Å². The Hall–Kier alpha value is -3.86. The van der Waals surface area contributed by atoms with E-state index in [4.69, 9.17) is 4.74 Å². The Labute approximate surface area is 174 Å². The molecule has 5 nitrogen and oxygen atoms in total. The maximum atomic E-state index is 12.6. The number of nitrogens with one attached hydrogen (secondary N) is 2. The van der Waals surface area contributed by atoms with E-state index >= 15 is 0 Å². The molecule has 0 fully saturated rings. The van der Waals surface area contributed by atoms with Gasteiger partial charge >= 0.3 is 0 Å². The number of hydrogen-bond acceptors (Lipinski definition) is 3. The van der Waals surface area contributed by atoms with Crippen LogP contribution in [0.25, 0.3) is 22.0 Å². The summed E-state index contributed by atoms with van der Waals surface area (Å²) in [5.74, 6) is 0.533. The number of carbonyl (C=O) groups excluding carboxylic acids is 1. The van der Waals surface area contributed by atoms with Crippen LogP contribution >= 0.6 is 0 Å². The molecule has 0 atom stereocenters. The van der Waals surface area contributed by atoms with Crippen molar-refractivity contribution in [3.8, 4) is 16.9 Å². The van der Waals surface area contributed by atoms with Crippen molar-refractivity contribution in [3.63, 3.8) is 0 Å². The number of pyridine rings is 1. The van der Waals surface area contributed by atoms with E-state index in [-0.39, 0.29) is 11.5 Å². The summed E-state index contributed by atoms with van der Waals surface area (Å²) in [6.45, 7) is 0.374. The highest BCUT2D eigenvalue weighted by Crippen LogP contribution is 2.20. The molecule has 150 valence electrons. The van der Waals surface area contributed by atoms with Gasteiger partial charge < -0.3 is 15.0 Å². The van der Waals surface area contributed by atoms with E-state index in [0.29, 0.717) is 29.8 Å². The maximum Gasteiger partial charge on any atom is 0.251 e. The Bertz CT molecular complexity index is 1250. The standard InChI is InChI=1S/C25H22N2O3/c1-30-22-11-10-19-15-21(25(29)27-23(19)16-22)12-13-26-24(28)20-9-5-8-18(14-20)17-6-3-2-4-7-17/h2-11,14-16H,12-13H2,1H3,(H,26,28)(H,27,29). The van der Waals surface area contributed by atoms with Crippen molar-refractivity contribution in [1.82, 2.24) is 10.3 Å². The molecule has 1 amide bonds. The highest BCUT2D eigenvalue weighted by molar-refractivity contribution is 5.95. The number of fused-ring (bicyclic) bond motifs is 1. The normalized spacial score (nSPS) is 10.7. The molecule has 0 spiro atoms. The van der Waals surface area contributed by atoms with Crippen molar-refractivity contribution in [1.29, 1.82) is 0 Å². The number of hydrogen-bond donors (Lipinski definition) is 2. The van der Waals surface area contributed by atoms with Crippen LogP contribution in [0.2, 0.25) is 0 Å². The fourth-order valence-electron chi connectivity index (χ4n) is 3.42. The first-order valence-electron chi connectivity index (χ1n) is 9.78. The zero-order valence-corrected chi connectivity index (χ0v) is 16.6. The number of ether oxygens (including phenoxy) is 1. The Morgan fingerprint density at radius 2 is 1.73 bits per heavy atom. The van der Waals surface area contributed by atoms with Gasteiger partial charge in [0.1, 0.15) is 5.75 Å². The largest absolute Gasteiger partial charge is 0.497 e. The van der Waals surface area contributed by atoms with Gasteiger partial charge in [-0.25, -0.2) is 0 Å². The van der Waals surface area contributed by atoms with Crippen LogP contribution in [0, 0.1) is 0 Å². The summed E-state index contributed by atoms with van der Waals surface area (Å²) in [6.07, 6.45) is 0.446. The summed E-state index contributed by atoms with van der Waals surface area (Å²) < 4.78 is 5.19. The van der Waals surface area contributed by atoms with Crippen molar-refractivity contribution in [2.75, 3.05) is 13.7 Å². The van der Waals surface area contributed by atoms with E-state index in [1.807, 2.05) is 66.7 Å². The van der Waals surface area contributed by atoms with Gasteiger partial charge in [0, 0.05) is 23.7 Å². The van der Waals surface area contributed by atoms with Gasteiger partial charge in [0.15, 0.2) is 0 Å². The molecule has 0 saturated carbocycles. The lowest BCUT2D eigenvalue weighted by Gasteiger charge is -2.08. The molecule has 0 aliphatic carbocycles. The fraction of sp³-hybridized carbons (Fsp3) is 0.120. The van der Waals surface area contributed by atoms with Crippen LogP contribution in [0.3, 0.4) is 0 Å². The molecule has 0 aliphatic rings. The molecule has 0 unspecified atom stereocenters. The van der Waals surface area contributed by atoms with Crippen LogP contribution < -0.4 is 15.6 Å². The van der Waals surface area contributed by atoms with E-state index in [0.717, 1.165) is 22.0 Å². The average Bonchev–Trinajstić information content (AvgIpc) is 2.79. The molecule has 30 heavy (non-hydrogen) atoms. The van der Waals surface area contributed by atoms with Gasteiger partial charge in [-0.05, 0) is 53.3 Å². The van der Waals surface area contributed by atoms with Gasteiger partial charge in [0.05, 0.1) is 12.6 Å². The zero-order chi connectivity index (χ0) is 20.9. The smallest absolute Gasteiger partial charge is 0.251 e. The lowest BCUT2D eigenvalue weighted by atomic mass is 10.0. The highest BCUT2D eigenvalue weighted by Gasteiger charge is 2.09. The molecule has 0 radical (unpaired) electrons. The van der Waals surface area contributed by atoms with E-state index in [9.17, 15) is 9.59 Å². The Morgan fingerprint density at radius 1 is 0.933 bits per heavy atom. The van der Waals surface area contributed by atoms with Crippen LogP contribution in [-0.2, 0) is 6.42 Å². The minimum Gasteiger partial charge on any atom is -0.497 e. The summed E-state index contributed by atoms with van der Waals surface area (Å²) >= 11 is 0. The van der Waals surface area contributed by atoms with Gasteiger partial charge in [-0.2, -0.15) is 0 Å². The van der Waals surface area contributed by atoms with E-state index in [1.165, 1.54) is 0 Å². The number of H-pyrrole nitrogens is 1. The first kappa shape index (κ1) is 19.5. The molecule has 3 aromatic carbocycles. The average molecular weight is 398 g/mol. The number of methoxy groups -OCH3 is 1. The van der Waals surface area contributed by atoms with Crippen molar-refractivity contribution < 1.29 is 9.53 Å². The molecule has 0 aliphatic heterocycles. The topological polar surface area (TPSA) is 71.2 Å². The summed E-state index contributed by atoms with van der Waals surface area (Å²) in [5.41, 5.74) is 3.85. The summed E-state index contributed by atoms with van der Waals surface area (Å²) in [6, 6.07) is 24.9. The number of amides is 1. The molecule has 1 aromatic heterocycles. The van der Waals surface area contributed by atoms with E-state index in [1.54, 1.807) is 19.2 Å². The van der Waals surface area contributed by atoms with Crippen LogP contribution in [0.4, 0.5) is 0 Å². The molecule has 0 bridgehead atoms. The summed E-state index contributed by atoms with van der Waals surface area (Å²) in [7, 11) is 1.59. The van der Waals surface area contributed by atoms with Crippen LogP contribution in [-0.4, -0.2) is 24.5 Å². The number of benzene rings is 3. The van der Waals surface area contributed by atoms with Gasteiger partial charge in [0.25, 0.3) is 11.5 Å². The lowest BCUT2D eigenvalue weighted by molar-refractivity contribution is 0.0954. The van der Waals surface area contributed by atoms with Gasteiger partial charge in [-0.1, -0.05) is 42.5 Å². The number of aromatic amines is 1. The molecule has 5 heteroatoms. The third-order valence-corrected chi connectivity index (χ3v) is 5.04. The monoisotopic (exact) mass is 398 g/mol. The van der Waals surface area contributed by atoms with E-state index < -0.39 is 0 Å². The molecule has 2 N–H and O–H groups in total. The predicted octanol–water partition coefficient (Wildman–Crippen LogP) is 4.18. The van der Waals surface area contributed by atoms with Crippen molar-refractivity contribution >= 4 is 16.8 Å². The Kier molecular flexibility index (Phi) is 5.61. The summed E-state index contributed by atoms with van der Waals surface area (Å²) in [5, 5.41) is 3.83. The summed E-state index contributed by atoms with van der Waals surface area (Å²) in [4.78, 5) is 27.8. The van der Waals surface area contributed by atoms with Crippen molar-refractivity contribution in [2.45, 2.75) is 6.42 Å². The Morgan fingerprint density at radius 3 is 2.53 bits per heavy atom. The second-order valence-corrected chi connectivity index (χ2v) is 7.03. The SMILES string of the molecule is COc1ccc2cc(CCNC(=O)c3cccc(-c4ccccc4)c3)c(=O)[nH]c2c1. The lowest BCUT2D eigenvalue weighted by Crippen LogP contribution is -2.27. The van der Waals surface area contributed by atoms with Crippen molar-refractivity contribution in [2.24, 2.45) is 0 Å². The first-order valence-corrected chi connectivity index (χ1v) is 9.78. The quantitative estimate of drug-likeness (QED) is 0.512. The molecule has 4 aromatic rings. The van der Waals surface area contributed by atoms with Gasteiger partial charge in [0.2, 0.25) is 0 Å². The Balaban J connectivity index is 1.44. The fourth-order valence-corrected chi connectivity index (χ4v) is 3.42. The molecule has 1 heterocycles. The third kappa shape index (κ3) is 4.25. The number of carbonyl (C=O) groups is 1. The van der Waals surface area contributed by atoms with E-state index in [2.05, 4.69) is 10.3 Å². The molecular weight excluding hydrogens is 376 g/mol. The molecule has 0 saturated heterocycles. The molecular formula is C25H22N2O3. The number of aromatic nitrogens is 1. The first-order chi connectivity index (χ1) is 14.6. The van der Waals surface area contributed by atoms with Gasteiger partial charge in [-0.15, -0.1) is 0 Å². The van der Waals surface area contributed by atoms with Crippen LogP contribution in [0.15, 0.2) is 83.7 Å². The second kappa shape index (κ2) is 8.66. The predicted molar refractivity (Wildman–Crippen MR) is 119 cm³/mol. The second-order valence-electron chi connectivity index (χ2n) is 7.03. The van der Waals surface area contributed by atoms with Gasteiger partial charge in [-0.3, -0.25) is 9.59 Å². The number of rotatable bonds is 6. The highest BCUT2D eigenvalue weighted by atomic mass is 16.5.